The Labute approximate surface area is 140 Å². The predicted molar refractivity (Wildman–Crippen MR) is 90.2 cm³/mol. The number of hydrogen-bond donors (Lipinski definition) is 1. The number of rotatable bonds is 4. The van der Waals surface area contributed by atoms with Gasteiger partial charge in [-0.15, -0.1) is 0 Å². The van der Waals surface area contributed by atoms with Crippen molar-refractivity contribution in [2.45, 2.75) is 36.6 Å². The molecule has 1 unspecified atom stereocenters. The SMILES string of the molecule is CC1(C)CC(NS(=O)(=O)c2ccc([N+](=O)[O-])cc2)c2ccccc21. The first-order valence-corrected chi connectivity index (χ1v) is 9.05. The second kappa shape index (κ2) is 5.68. The lowest BCUT2D eigenvalue weighted by atomic mass is 9.87. The molecular weight excluding hydrogens is 328 g/mol. The molecule has 3 rings (SSSR count). The van der Waals surface area contributed by atoms with Crippen LogP contribution >= 0.6 is 0 Å². The molecule has 0 heterocycles. The largest absolute Gasteiger partial charge is 0.269 e. The summed E-state index contributed by atoms with van der Waals surface area (Å²) in [5, 5.41) is 10.7. The summed E-state index contributed by atoms with van der Waals surface area (Å²) in [6.07, 6.45) is 0.665. The molecule has 0 saturated heterocycles. The van der Waals surface area contributed by atoms with E-state index >= 15 is 0 Å². The molecule has 1 aliphatic rings. The summed E-state index contributed by atoms with van der Waals surface area (Å²) in [4.78, 5) is 10.2. The van der Waals surface area contributed by atoms with Crippen LogP contribution in [0.1, 0.15) is 37.4 Å². The van der Waals surface area contributed by atoms with Crippen LogP contribution in [0, 0.1) is 10.1 Å². The zero-order chi connectivity index (χ0) is 17.5. The average Bonchev–Trinajstić information content (AvgIpc) is 2.78. The number of nitrogens with one attached hydrogen (secondary N) is 1. The molecule has 126 valence electrons. The van der Waals surface area contributed by atoms with E-state index in [0.717, 1.165) is 11.1 Å². The van der Waals surface area contributed by atoms with Crippen molar-refractivity contribution in [2.24, 2.45) is 0 Å². The van der Waals surface area contributed by atoms with E-state index < -0.39 is 14.9 Å². The molecular formula is C17H18N2O4S. The van der Waals surface area contributed by atoms with E-state index in [0.29, 0.717) is 6.42 Å². The number of fused-ring (bicyclic) bond motifs is 1. The minimum Gasteiger partial charge on any atom is -0.258 e. The third-order valence-electron chi connectivity index (χ3n) is 4.44. The van der Waals surface area contributed by atoms with Gasteiger partial charge >= 0.3 is 0 Å². The highest BCUT2D eigenvalue weighted by Gasteiger charge is 2.38. The lowest BCUT2D eigenvalue weighted by Crippen LogP contribution is -2.28. The van der Waals surface area contributed by atoms with E-state index in [1.165, 1.54) is 24.3 Å². The molecule has 0 fully saturated rings. The van der Waals surface area contributed by atoms with Crippen LogP contribution in [0.4, 0.5) is 5.69 Å². The molecule has 0 aromatic heterocycles. The van der Waals surface area contributed by atoms with E-state index in [-0.39, 0.29) is 22.0 Å². The molecule has 0 spiro atoms. The lowest BCUT2D eigenvalue weighted by molar-refractivity contribution is -0.384. The molecule has 2 aromatic rings. The van der Waals surface area contributed by atoms with Crippen molar-refractivity contribution in [3.8, 4) is 0 Å². The molecule has 6 nitrogen and oxygen atoms in total. The Morgan fingerprint density at radius 1 is 1.12 bits per heavy atom. The van der Waals surface area contributed by atoms with Gasteiger partial charge in [0.1, 0.15) is 0 Å². The highest BCUT2D eigenvalue weighted by Crippen LogP contribution is 2.44. The highest BCUT2D eigenvalue weighted by molar-refractivity contribution is 7.89. The second-order valence-electron chi connectivity index (χ2n) is 6.60. The molecule has 7 heteroatoms. The summed E-state index contributed by atoms with van der Waals surface area (Å²) in [7, 11) is -3.75. The Morgan fingerprint density at radius 2 is 1.75 bits per heavy atom. The fourth-order valence-electron chi connectivity index (χ4n) is 3.25. The van der Waals surface area contributed by atoms with Crippen LogP contribution in [0.3, 0.4) is 0 Å². The van der Waals surface area contributed by atoms with Crippen LogP contribution in [0.5, 0.6) is 0 Å². The summed E-state index contributed by atoms with van der Waals surface area (Å²) in [5.74, 6) is 0. The molecule has 1 atom stereocenters. The Bertz CT molecular complexity index is 889. The molecule has 24 heavy (non-hydrogen) atoms. The molecule has 2 aromatic carbocycles. The third-order valence-corrected chi connectivity index (χ3v) is 5.92. The zero-order valence-corrected chi connectivity index (χ0v) is 14.2. The Kier molecular flexibility index (Phi) is 3.93. The summed E-state index contributed by atoms with van der Waals surface area (Å²) in [6.45, 7) is 4.18. The number of nitro benzene ring substituents is 1. The van der Waals surface area contributed by atoms with Gasteiger partial charge in [-0.3, -0.25) is 10.1 Å². The first-order valence-electron chi connectivity index (χ1n) is 7.57. The highest BCUT2D eigenvalue weighted by atomic mass is 32.2. The third kappa shape index (κ3) is 2.92. The van der Waals surface area contributed by atoms with E-state index in [1.54, 1.807) is 0 Å². The van der Waals surface area contributed by atoms with Gasteiger partial charge < -0.3 is 0 Å². The van der Waals surface area contributed by atoms with Gasteiger partial charge in [-0.2, -0.15) is 0 Å². The molecule has 0 bridgehead atoms. The van der Waals surface area contributed by atoms with Gasteiger partial charge in [0.05, 0.1) is 9.82 Å². The molecule has 1 N–H and O–H groups in total. The van der Waals surface area contributed by atoms with Gasteiger partial charge in [0.15, 0.2) is 0 Å². The first-order chi connectivity index (χ1) is 11.2. The molecule has 0 aliphatic heterocycles. The van der Waals surface area contributed by atoms with Gasteiger partial charge in [0.2, 0.25) is 10.0 Å². The van der Waals surface area contributed by atoms with Crippen LogP contribution in [0.15, 0.2) is 53.4 Å². The quantitative estimate of drug-likeness (QED) is 0.679. The van der Waals surface area contributed by atoms with E-state index in [2.05, 4.69) is 18.6 Å². The van der Waals surface area contributed by atoms with Crippen molar-refractivity contribution < 1.29 is 13.3 Å². The summed E-state index contributed by atoms with van der Waals surface area (Å²) in [5.41, 5.74) is 1.87. The maximum atomic E-state index is 12.6. The van der Waals surface area contributed by atoms with Gasteiger partial charge in [-0.1, -0.05) is 38.1 Å². The topological polar surface area (TPSA) is 89.3 Å². The van der Waals surface area contributed by atoms with Crippen molar-refractivity contribution in [3.63, 3.8) is 0 Å². The van der Waals surface area contributed by atoms with Gasteiger partial charge in [0.25, 0.3) is 5.69 Å². The van der Waals surface area contributed by atoms with Crippen molar-refractivity contribution >= 4 is 15.7 Å². The monoisotopic (exact) mass is 346 g/mol. The standard InChI is InChI=1S/C17H18N2O4S/c1-17(2)11-16(14-5-3-4-6-15(14)17)18-24(22,23)13-9-7-12(8-10-13)19(20)21/h3-10,16,18H,11H2,1-2H3. The minimum absolute atomic E-state index is 0.0234. The molecule has 1 aliphatic carbocycles. The predicted octanol–water partition coefficient (Wildman–Crippen LogP) is 3.30. The minimum atomic E-state index is -3.75. The summed E-state index contributed by atoms with van der Waals surface area (Å²) >= 11 is 0. The molecule has 0 saturated carbocycles. The molecule has 0 radical (unpaired) electrons. The summed E-state index contributed by atoms with van der Waals surface area (Å²) < 4.78 is 28.0. The van der Waals surface area contributed by atoms with E-state index in [1.807, 2.05) is 24.3 Å². The average molecular weight is 346 g/mol. The first kappa shape index (κ1) is 16.6. The Hall–Kier alpha value is -2.25. The number of sulfonamides is 1. The number of hydrogen-bond acceptors (Lipinski definition) is 4. The van der Waals surface area contributed by atoms with E-state index in [9.17, 15) is 18.5 Å². The maximum Gasteiger partial charge on any atom is 0.269 e. The molecule has 0 amide bonds. The fourth-order valence-corrected chi connectivity index (χ4v) is 4.47. The normalized spacial score (nSPS) is 19.0. The number of non-ortho nitro benzene ring substituents is 1. The van der Waals surface area contributed by atoms with Crippen LogP contribution in [-0.2, 0) is 15.4 Å². The van der Waals surface area contributed by atoms with Crippen LogP contribution < -0.4 is 4.72 Å². The number of nitrogens with zero attached hydrogens (tertiary/aromatic N) is 1. The van der Waals surface area contributed by atoms with Gasteiger partial charge in [-0.05, 0) is 35.1 Å². The number of nitro groups is 1. The van der Waals surface area contributed by atoms with Gasteiger partial charge in [-0.25, -0.2) is 13.1 Å². The maximum absolute atomic E-state index is 12.6. The van der Waals surface area contributed by atoms with Crippen LogP contribution in [-0.4, -0.2) is 13.3 Å². The van der Waals surface area contributed by atoms with Crippen LogP contribution in [0.2, 0.25) is 0 Å². The fraction of sp³-hybridized carbons (Fsp3) is 0.294. The van der Waals surface area contributed by atoms with Crippen molar-refractivity contribution in [3.05, 3.63) is 69.8 Å². The number of benzene rings is 2. The Balaban J connectivity index is 1.89. The zero-order valence-electron chi connectivity index (χ0n) is 13.4. The van der Waals surface area contributed by atoms with Crippen molar-refractivity contribution in [2.75, 3.05) is 0 Å². The van der Waals surface area contributed by atoms with Crippen molar-refractivity contribution in [1.29, 1.82) is 0 Å². The summed E-state index contributed by atoms with van der Waals surface area (Å²) in [6, 6.07) is 12.4. The smallest absolute Gasteiger partial charge is 0.258 e. The second-order valence-corrected chi connectivity index (χ2v) is 8.31. The van der Waals surface area contributed by atoms with Crippen molar-refractivity contribution in [1.82, 2.24) is 4.72 Å². The lowest BCUT2D eigenvalue weighted by Gasteiger charge is -2.19. The Morgan fingerprint density at radius 3 is 2.38 bits per heavy atom. The van der Waals surface area contributed by atoms with E-state index in [4.69, 9.17) is 0 Å². The van der Waals surface area contributed by atoms with Crippen LogP contribution in [0.25, 0.3) is 0 Å². The van der Waals surface area contributed by atoms with Gasteiger partial charge in [0, 0.05) is 18.2 Å².